The van der Waals surface area contributed by atoms with Gasteiger partial charge in [0.05, 0.1) is 24.7 Å². The first-order chi connectivity index (χ1) is 14.0. The highest BCUT2D eigenvalue weighted by Gasteiger charge is 2.35. The predicted octanol–water partition coefficient (Wildman–Crippen LogP) is 3.88. The van der Waals surface area contributed by atoms with Crippen LogP contribution in [0.4, 0.5) is 4.79 Å². The first kappa shape index (κ1) is 21.2. The van der Waals surface area contributed by atoms with E-state index in [4.69, 9.17) is 9.47 Å². The van der Waals surface area contributed by atoms with Gasteiger partial charge in [-0.2, -0.15) is 0 Å². The van der Waals surface area contributed by atoms with Gasteiger partial charge in [0.15, 0.2) is 0 Å². The first-order valence-electron chi connectivity index (χ1n) is 10.3. The summed E-state index contributed by atoms with van der Waals surface area (Å²) in [6, 6.07) is 7.67. The Hall–Kier alpha value is -2.54. The van der Waals surface area contributed by atoms with Gasteiger partial charge in [-0.25, -0.2) is 9.78 Å². The van der Waals surface area contributed by atoms with Crippen LogP contribution in [0.1, 0.15) is 44.7 Å². The number of nitrogens with one attached hydrogen (secondary N) is 1. The van der Waals surface area contributed by atoms with Crippen molar-refractivity contribution in [2.24, 2.45) is 5.92 Å². The zero-order chi connectivity index (χ0) is 20.8. The standard InChI is InChI=1S/C22H32N4O3.H2/c1-16(2)21-20-19(23-15-24-20)10-12-26(21)22(27)29-14-17-6-8-18(9-7-17)28-13-5-11-25(3)4;/h6-9,15-16,21H,5,10-14H2,1-4H3,(H,23,24);1H/t21-;/m0./s1. The van der Waals surface area contributed by atoms with E-state index in [1.807, 2.05) is 24.3 Å². The molecular formula is C22H34N4O3. The maximum atomic E-state index is 12.8. The van der Waals surface area contributed by atoms with Gasteiger partial charge in [-0.15, -0.1) is 0 Å². The van der Waals surface area contributed by atoms with Crippen molar-refractivity contribution in [2.45, 2.75) is 39.3 Å². The van der Waals surface area contributed by atoms with Gasteiger partial charge in [-0.3, -0.25) is 4.90 Å². The van der Waals surface area contributed by atoms with Gasteiger partial charge in [0, 0.05) is 26.6 Å². The van der Waals surface area contributed by atoms with Crippen LogP contribution < -0.4 is 4.74 Å². The van der Waals surface area contributed by atoms with E-state index in [1.54, 1.807) is 11.2 Å². The van der Waals surface area contributed by atoms with Crippen LogP contribution in [-0.4, -0.2) is 59.7 Å². The summed E-state index contributed by atoms with van der Waals surface area (Å²) in [7, 11) is 4.11. The number of carbonyl (C=O) groups excluding carboxylic acids is 1. The van der Waals surface area contributed by atoms with E-state index in [0.717, 1.165) is 42.1 Å². The average molecular weight is 403 g/mol. The third-order valence-corrected chi connectivity index (χ3v) is 5.14. The second-order valence-corrected chi connectivity index (χ2v) is 8.10. The predicted molar refractivity (Wildman–Crippen MR) is 114 cm³/mol. The van der Waals surface area contributed by atoms with Crippen LogP contribution in [0.2, 0.25) is 0 Å². The van der Waals surface area contributed by atoms with Crippen molar-refractivity contribution in [1.82, 2.24) is 19.8 Å². The van der Waals surface area contributed by atoms with Crippen LogP contribution in [0.15, 0.2) is 30.6 Å². The maximum absolute atomic E-state index is 12.8. The lowest BCUT2D eigenvalue weighted by Crippen LogP contribution is -2.42. The van der Waals surface area contributed by atoms with E-state index >= 15 is 0 Å². The lowest BCUT2D eigenvalue weighted by Gasteiger charge is -2.36. The van der Waals surface area contributed by atoms with E-state index in [9.17, 15) is 4.79 Å². The maximum Gasteiger partial charge on any atom is 0.410 e. The summed E-state index contributed by atoms with van der Waals surface area (Å²) in [4.78, 5) is 24.3. The fourth-order valence-corrected chi connectivity index (χ4v) is 3.67. The minimum absolute atomic E-state index is 0. The SMILES string of the molecule is CC(C)[C@H]1c2nc[nH]c2CCN1C(=O)OCc1ccc(OCCCN(C)C)cc1.[HH]. The highest BCUT2D eigenvalue weighted by molar-refractivity contribution is 5.69. The fourth-order valence-electron chi connectivity index (χ4n) is 3.67. The molecule has 1 atom stereocenters. The lowest BCUT2D eigenvalue weighted by atomic mass is 9.94. The minimum Gasteiger partial charge on any atom is -0.494 e. The number of aromatic amines is 1. The van der Waals surface area contributed by atoms with E-state index in [-0.39, 0.29) is 26.1 Å². The van der Waals surface area contributed by atoms with E-state index in [2.05, 4.69) is 42.8 Å². The number of nitrogens with zero attached hydrogens (tertiary/aromatic N) is 3. The molecule has 2 heterocycles. The molecule has 1 amide bonds. The molecule has 0 spiro atoms. The highest BCUT2D eigenvalue weighted by atomic mass is 16.6. The van der Waals surface area contributed by atoms with Crippen LogP contribution in [-0.2, 0) is 17.8 Å². The summed E-state index contributed by atoms with van der Waals surface area (Å²) in [5, 5.41) is 0. The fraction of sp³-hybridized carbons (Fsp3) is 0.545. The van der Waals surface area contributed by atoms with Gasteiger partial charge < -0.3 is 19.4 Å². The largest absolute Gasteiger partial charge is 0.494 e. The quantitative estimate of drug-likeness (QED) is 0.679. The number of hydrogen-bond donors (Lipinski definition) is 1. The average Bonchev–Trinajstić information content (AvgIpc) is 3.18. The molecule has 0 aliphatic carbocycles. The highest BCUT2D eigenvalue weighted by Crippen LogP contribution is 2.33. The first-order valence-corrected chi connectivity index (χ1v) is 10.3. The number of carbonyl (C=O) groups is 1. The Balaban J connectivity index is 0.00000320. The number of ether oxygens (including phenoxy) is 2. The number of rotatable bonds is 8. The van der Waals surface area contributed by atoms with Crippen molar-refractivity contribution in [3.8, 4) is 5.75 Å². The van der Waals surface area contributed by atoms with Crippen molar-refractivity contribution in [1.29, 1.82) is 0 Å². The molecule has 1 aromatic carbocycles. The topological polar surface area (TPSA) is 70.7 Å². The van der Waals surface area contributed by atoms with Crippen molar-refractivity contribution in [3.05, 3.63) is 47.5 Å². The van der Waals surface area contributed by atoms with Crippen molar-refractivity contribution in [2.75, 3.05) is 33.8 Å². The molecule has 1 N–H and O–H groups in total. The molecule has 0 radical (unpaired) electrons. The Morgan fingerprint density at radius 3 is 2.79 bits per heavy atom. The molecule has 7 heteroatoms. The molecule has 29 heavy (non-hydrogen) atoms. The van der Waals surface area contributed by atoms with Crippen LogP contribution in [0, 0.1) is 5.92 Å². The molecule has 7 nitrogen and oxygen atoms in total. The number of aromatic nitrogens is 2. The number of amides is 1. The second kappa shape index (κ2) is 9.78. The Bertz CT molecular complexity index is 792. The van der Waals surface area contributed by atoms with Gasteiger partial charge in [0.25, 0.3) is 0 Å². The van der Waals surface area contributed by atoms with Gasteiger partial charge in [0.1, 0.15) is 12.4 Å². The van der Waals surface area contributed by atoms with E-state index in [1.165, 1.54) is 0 Å². The molecule has 160 valence electrons. The van der Waals surface area contributed by atoms with Crippen LogP contribution in [0.3, 0.4) is 0 Å². The van der Waals surface area contributed by atoms with E-state index < -0.39 is 0 Å². The monoisotopic (exact) mass is 402 g/mol. The van der Waals surface area contributed by atoms with Crippen molar-refractivity contribution in [3.63, 3.8) is 0 Å². The van der Waals surface area contributed by atoms with E-state index in [0.29, 0.717) is 13.2 Å². The van der Waals surface area contributed by atoms with Gasteiger partial charge in [0.2, 0.25) is 0 Å². The summed E-state index contributed by atoms with van der Waals surface area (Å²) in [5.41, 5.74) is 3.02. The molecule has 3 rings (SSSR count). The summed E-state index contributed by atoms with van der Waals surface area (Å²) in [6.07, 6.45) is 3.17. The number of fused-ring (bicyclic) bond motifs is 1. The molecule has 0 saturated carbocycles. The van der Waals surface area contributed by atoms with Crippen LogP contribution in [0.5, 0.6) is 5.75 Å². The number of benzene rings is 1. The normalized spacial score (nSPS) is 16.2. The lowest BCUT2D eigenvalue weighted by molar-refractivity contribution is 0.0652. The third kappa shape index (κ3) is 5.50. The van der Waals surface area contributed by atoms with Gasteiger partial charge in [-0.05, 0) is 44.1 Å². The molecule has 1 aromatic heterocycles. The molecular weight excluding hydrogens is 368 g/mol. The molecule has 0 unspecified atom stereocenters. The van der Waals surface area contributed by atoms with Crippen LogP contribution in [0.25, 0.3) is 0 Å². The molecule has 1 aliphatic heterocycles. The van der Waals surface area contributed by atoms with Crippen molar-refractivity contribution >= 4 is 6.09 Å². The number of H-pyrrole nitrogens is 1. The Morgan fingerprint density at radius 1 is 1.34 bits per heavy atom. The van der Waals surface area contributed by atoms with Crippen LogP contribution >= 0.6 is 0 Å². The minimum atomic E-state index is -0.290. The zero-order valence-electron chi connectivity index (χ0n) is 17.9. The van der Waals surface area contributed by atoms with Gasteiger partial charge in [-0.1, -0.05) is 26.0 Å². The molecule has 0 bridgehead atoms. The number of hydrogen-bond acceptors (Lipinski definition) is 5. The number of imidazole rings is 1. The summed E-state index contributed by atoms with van der Waals surface area (Å²) < 4.78 is 11.4. The van der Waals surface area contributed by atoms with Crippen molar-refractivity contribution < 1.29 is 15.7 Å². The zero-order valence-corrected chi connectivity index (χ0v) is 17.9. The Labute approximate surface area is 174 Å². The molecule has 2 aromatic rings. The molecule has 0 saturated heterocycles. The third-order valence-electron chi connectivity index (χ3n) is 5.14. The second-order valence-electron chi connectivity index (χ2n) is 8.10. The smallest absolute Gasteiger partial charge is 0.410 e. The summed E-state index contributed by atoms with van der Waals surface area (Å²) >= 11 is 0. The van der Waals surface area contributed by atoms with Gasteiger partial charge >= 0.3 is 6.09 Å². The summed E-state index contributed by atoms with van der Waals surface area (Å²) in [5.74, 6) is 1.09. The Kier molecular flexibility index (Phi) is 7.14. The summed E-state index contributed by atoms with van der Waals surface area (Å²) in [6.45, 7) is 6.78. The Morgan fingerprint density at radius 2 is 2.10 bits per heavy atom. The molecule has 1 aliphatic rings. The molecule has 0 fully saturated rings.